The van der Waals surface area contributed by atoms with Gasteiger partial charge in [0.05, 0.1) is 6.04 Å². The lowest BCUT2D eigenvalue weighted by Gasteiger charge is -2.08. The van der Waals surface area contributed by atoms with Gasteiger partial charge < -0.3 is 15.2 Å². The van der Waals surface area contributed by atoms with Crippen LogP contribution in [-0.4, -0.2) is 17.8 Å². The molecule has 4 nitrogen and oxygen atoms in total. The van der Waals surface area contributed by atoms with Crippen LogP contribution in [0.15, 0.2) is 24.3 Å². The number of cyclic esters (lactones) is 1. The number of halogens is 1. The molecule has 0 bridgehead atoms. The summed E-state index contributed by atoms with van der Waals surface area (Å²) in [5.41, 5.74) is 0.688. The van der Waals surface area contributed by atoms with E-state index in [2.05, 4.69) is 5.32 Å². The second kappa shape index (κ2) is 4.19. The fourth-order valence-corrected chi connectivity index (χ4v) is 1.33. The highest BCUT2D eigenvalue weighted by Crippen LogP contribution is 2.25. The van der Waals surface area contributed by atoms with Crippen molar-refractivity contribution in [3.63, 3.8) is 0 Å². The number of amides is 1. The zero-order valence-corrected chi connectivity index (χ0v) is 8.08. The molecule has 1 fully saturated rings. The topological polar surface area (TPSA) is 58.6 Å². The molecule has 1 heterocycles. The maximum atomic E-state index is 10.7. The summed E-state index contributed by atoms with van der Waals surface area (Å²) in [5.74, 6) is 0.179. The highest BCUT2D eigenvalue weighted by molar-refractivity contribution is 5.85. The van der Waals surface area contributed by atoms with E-state index in [0.717, 1.165) is 0 Å². The quantitative estimate of drug-likeness (QED) is 0.748. The third kappa shape index (κ3) is 1.90. The van der Waals surface area contributed by atoms with Gasteiger partial charge in [0.1, 0.15) is 12.4 Å². The first kappa shape index (κ1) is 10.7. The first-order chi connectivity index (χ1) is 6.27. The predicted molar refractivity (Wildman–Crippen MR) is 52.6 cm³/mol. The molecule has 1 aromatic carbocycles. The molecule has 2 rings (SSSR count). The molecule has 0 unspecified atom stereocenters. The van der Waals surface area contributed by atoms with Gasteiger partial charge >= 0.3 is 6.09 Å². The monoisotopic (exact) mass is 215 g/mol. The van der Waals surface area contributed by atoms with Gasteiger partial charge in [0.2, 0.25) is 0 Å². The van der Waals surface area contributed by atoms with E-state index in [9.17, 15) is 9.90 Å². The number of carbonyl (C=O) groups excluding carboxylic acids is 1. The van der Waals surface area contributed by atoms with Crippen molar-refractivity contribution in [2.24, 2.45) is 0 Å². The van der Waals surface area contributed by atoms with Gasteiger partial charge in [-0.25, -0.2) is 4.79 Å². The molecule has 76 valence electrons. The molecule has 1 atom stereocenters. The summed E-state index contributed by atoms with van der Waals surface area (Å²) in [6.07, 6.45) is -0.437. The van der Waals surface area contributed by atoms with Crippen molar-refractivity contribution in [1.82, 2.24) is 5.32 Å². The standard InChI is InChI=1S/C9H9NO3.ClH/c11-8-4-2-1-3-6(8)7-5-13-9(12)10-7;/h1-4,7,11H,5H2,(H,10,12);1H/t7-;/m0./s1. The molecule has 0 radical (unpaired) electrons. The number of para-hydroxylation sites is 1. The number of ether oxygens (including phenoxy) is 1. The van der Waals surface area contributed by atoms with Gasteiger partial charge in [0, 0.05) is 5.56 Å². The molecule has 1 aliphatic heterocycles. The fourth-order valence-electron chi connectivity index (χ4n) is 1.33. The normalized spacial score (nSPS) is 19.4. The number of phenols is 1. The van der Waals surface area contributed by atoms with Crippen molar-refractivity contribution < 1.29 is 14.6 Å². The van der Waals surface area contributed by atoms with Crippen LogP contribution in [0.4, 0.5) is 4.79 Å². The Hall–Kier alpha value is -1.42. The lowest BCUT2D eigenvalue weighted by molar-refractivity contribution is 0.177. The van der Waals surface area contributed by atoms with E-state index in [4.69, 9.17) is 4.74 Å². The third-order valence-corrected chi connectivity index (χ3v) is 1.99. The molecule has 1 aromatic rings. The molecular formula is C9H10ClNO3. The molecule has 0 spiro atoms. The Labute approximate surface area is 87.3 Å². The highest BCUT2D eigenvalue weighted by atomic mass is 35.5. The third-order valence-electron chi connectivity index (χ3n) is 1.99. The molecule has 0 aromatic heterocycles. The van der Waals surface area contributed by atoms with Crippen molar-refractivity contribution in [2.75, 3.05) is 6.61 Å². The zero-order chi connectivity index (χ0) is 9.26. The molecule has 1 amide bonds. The van der Waals surface area contributed by atoms with Crippen LogP contribution in [0.5, 0.6) is 5.75 Å². The van der Waals surface area contributed by atoms with E-state index in [1.807, 2.05) is 0 Å². The molecule has 14 heavy (non-hydrogen) atoms. The number of alkyl carbamates (subject to hydrolysis) is 1. The maximum absolute atomic E-state index is 10.7. The molecule has 1 saturated heterocycles. The molecular weight excluding hydrogens is 206 g/mol. The van der Waals surface area contributed by atoms with E-state index < -0.39 is 6.09 Å². The van der Waals surface area contributed by atoms with Crippen LogP contribution in [0.3, 0.4) is 0 Å². The minimum atomic E-state index is -0.437. The minimum absolute atomic E-state index is 0. The fraction of sp³-hybridized carbons (Fsp3) is 0.222. The van der Waals surface area contributed by atoms with E-state index in [-0.39, 0.29) is 30.8 Å². The van der Waals surface area contributed by atoms with Gasteiger partial charge in [0.15, 0.2) is 0 Å². The zero-order valence-electron chi connectivity index (χ0n) is 7.27. The van der Waals surface area contributed by atoms with E-state index in [0.29, 0.717) is 5.56 Å². The lowest BCUT2D eigenvalue weighted by atomic mass is 10.1. The summed E-state index contributed by atoms with van der Waals surface area (Å²) in [4.78, 5) is 10.7. The van der Waals surface area contributed by atoms with Crippen molar-refractivity contribution in [3.05, 3.63) is 29.8 Å². The van der Waals surface area contributed by atoms with Crippen molar-refractivity contribution in [1.29, 1.82) is 0 Å². The summed E-state index contributed by atoms with van der Waals surface area (Å²) < 4.78 is 4.71. The average Bonchev–Trinajstić information content (AvgIpc) is 2.53. The van der Waals surface area contributed by atoms with Crippen LogP contribution < -0.4 is 5.32 Å². The second-order valence-corrected chi connectivity index (χ2v) is 2.85. The highest BCUT2D eigenvalue weighted by Gasteiger charge is 2.25. The number of phenolic OH excluding ortho intramolecular Hbond substituents is 1. The van der Waals surface area contributed by atoms with Crippen LogP contribution in [0.1, 0.15) is 11.6 Å². The number of nitrogens with one attached hydrogen (secondary N) is 1. The Bertz CT molecular complexity index is 343. The molecule has 1 aliphatic rings. The van der Waals surface area contributed by atoms with Gasteiger partial charge in [-0.1, -0.05) is 18.2 Å². The number of hydrogen-bond donors (Lipinski definition) is 2. The molecule has 2 N–H and O–H groups in total. The van der Waals surface area contributed by atoms with Gasteiger partial charge in [-0.2, -0.15) is 0 Å². The van der Waals surface area contributed by atoms with Gasteiger partial charge in [-0.15, -0.1) is 12.4 Å². The van der Waals surface area contributed by atoms with E-state index in [1.54, 1.807) is 24.3 Å². The molecule has 5 heteroatoms. The average molecular weight is 216 g/mol. The van der Waals surface area contributed by atoms with Crippen LogP contribution in [-0.2, 0) is 4.74 Å². The van der Waals surface area contributed by atoms with Crippen molar-refractivity contribution >= 4 is 18.5 Å². The minimum Gasteiger partial charge on any atom is -0.508 e. The Morgan fingerprint density at radius 2 is 2.14 bits per heavy atom. The lowest BCUT2D eigenvalue weighted by Crippen LogP contribution is -2.18. The Kier molecular flexibility index (Phi) is 3.19. The van der Waals surface area contributed by atoms with Gasteiger partial charge in [0.25, 0.3) is 0 Å². The smallest absolute Gasteiger partial charge is 0.407 e. The summed E-state index contributed by atoms with van der Waals surface area (Å²) in [6, 6.07) is 6.65. The Balaban J connectivity index is 0.000000980. The van der Waals surface area contributed by atoms with Crippen LogP contribution >= 0.6 is 12.4 Å². The van der Waals surface area contributed by atoms with Crippen molar-refractivity contribution in [3.8, 4) is 5.75 Å². The maximum Gasteiger partial charge on any atom is 0.407 e. The SMILES string of the molecule is Cl.O=C1N[C@H](c2ccccc2O)CO1. The van der Waals surface area contributed by atoms with Crippen LogP contribution in [0.2, 0.25) is 0 Å². The first-order valence-electron chi connectivity index (χ1n) is 3.98. The number of benzene rings is 1. The summed E-state index contributed by atoms with van der Waals surface area (Å²) >= 11 is 0. The second-order valence-electron chi connectivity index (χ2n) is 2.85. The summed E-state index contributed by atoms with van der Waals surface area (Å²) in [6.45, 7) is 0.274. The number of hydrogen-bond acceptors (Lipinski definition) is 3. The largest absolute Gasteiger partial charge is 0.508 e. The van der Waals surface area contributed by atoms with Crippen LogP contribution in [0, 0.1) is 0 Å². The predicted octanol–water partition coefficient (Wildman–Crippen LogP) is 1.59. The number of carbonyl (C=O) groups is 1. The van der Waals surface area contributed by atoms with E-state index >= 15 is 0 Å². The summed E-state index contributed by atoms with van der Waals surface area (Å²) in [7, 11) is 0. The number of aromatic hydroxyl groups is 1. The first-order valence-corrected chi connectivity index (χ1v) is 3.98. The van der Waals surface area contributed by atoms with Crippen molar-refractivity contribution in [2.45, 2.75) is 6.04 Å². The van der Waals surface area contributed by atoms with Gasteiger partial charge in [-0.3, -0.25) is 0 Å². The Morgan fingerprint density at radius 3 is 2.71 bits per heavy atom. The molecule has 0 aliphatic carbocycles. The van der Waals surface area contributed by atoms with Crippen LogP contribution in [0.25, 0.3) is 0 Å². The Morgan fingerprint density at radius 1 is 1.43 bits per heavy atom. The summed E-state index contributed by atoms with van der Waals surface area (Å²) in [5, 5.41) is 12.0. The molecule has 0 saturated carbocycles. The van der Waals surface area contributed by atoms with E-state index in [1.165, 1.54) is 0 Å². The van der Waals surface area contributed by atoms with Gasteiger partial charge in [-0.05, 0) is 6.07 Å². The number of rotatable bonds is 1.